The van der Waals surface area contributed by atoms with E-state index < -0.39 is 5.91 Å². The minimum atomic E-state index is -0.640. The third kappa shape index (κ3) is 2.52. The van der Waals surface area contributed by atoms with Gasteiger partial charge < -0.3 is 11.1 Å². The van der Waals surface area contributed by atoms with Crippen molar-refractivity contribution in [1.29, 1.82) is 0 Å². The van der Waals surface area contributed by atoms with Gasteiger partial charge in [-0.1, -0.05) is 19.3 Å². The maximum absolute atomic E-state index is 12.1. The average molecular weight is 250 g/mol. The minimum Gasteiger partial charge on any atom is -0.364 e. The molecule has 1 aliphatic carbocycles. The van der Waals surface area contributed by atoms with Crippen molar-refractivity contribution in [2.75, 3.05) is 5.32 Å². The highest BCUT2D eigenvalue weighted by molar-refractivity contribution is 6.02. The van der Waals surface area contributed by atoms with Crippen LogP contribution in [0.2, 0.25) is 0 Å². The van der Waals surface area contributed by atoms with E-state index in [1.54, 1.807) is 6.92 Å². The highest BCUT2D eigenvalue weighted by Gasteiger charge is 2.24. The zero-order valence-electron chi connectivity index (χ0n) is 10.5. The maximum atomic E-state index is 12.1. The van der Waals surface area contributed by atoms with E-state index in [0.717, 1.165) is 25.7 Å². The lowest BCUT2D eigenvalue weighted by molar-refractivity contribution is -0.120. The molecule has 1 heterocycles. The van der Waals surface area contributed by atoms with Crippen molar-refractivity contribution < 1.29 is 9.59 Å². The van der Waals surface area contributed by atoms with Gasteiger partial charge in [0.2, 0.25) is 5.91 Å². The first-order chi connectivity index (χ1) is 8.59. The highest BCUT2D eigenvalue weighted by Crippen LogP contribution is 2.26. The van der Waals surface area contributed by atoms with Crippen LogP contribution in [-0.2, 0) is 4.79 Å². The van der Waals surface area contributed by atoms with Crippen LogP contribution in [0.25, 0.3) is 0 Å². The van der Waals surface area contributed by atoms with Crippen molar-refractivity contribution in [3.8, 4) is 0 Å². The summed E-state index contributed by atoms with van der Waals surface area (Å²) in [7, 11) is 0. The highest BCUT2D eigenvalue weighted by atomic mass is 16.2. The molecule has 0 saturated heterocycles. The molecule has 1 aliphatic rings. The van der Waals surface area contributed by atoms with Gasteiger partial charge in [-0.15, -0.1) is 0 Å². The summed E-state index contributed by atoms with van der Waals surface area (Å²) in [6.07, 6.45) is 5.20. The Morgan fingerprint density at radius 2 is 2.00 bits per heavy atom. The fourth-order valence-electron chi connectivity index (χ4n) is 2.35. The Bertz CT molecular complexity index is 461. The molecule has 1 saturated carbocycles. The van der Waals surface area contributed by atoms with Crippen molar-refractivity contribution in [1.82, 2.24) is 10.2 Å². The molecule has 0 unspecified atom stereocenters. The second-order valence-corrected chi connectivity index (χ2v) is 4.76. The first-order valence-corrected chi connectivity index (χ1v) is 6.25. The summed E-state index contributed by atoms with van der Waals surface area (Å²) in [6.45, 7) is 1.75. The maximum Gasteiger partial charge on any atom is 0.271 e. The summed E-state index contributed by atoms with van der Waals surface area (Å²) in [5.74, 6) is -0.645. The lowest BCUT2D eigenvalue weighted by Gasteiger charge is -2.20. The Labute approximate surface area is 105 Å². The fourth-order valence-corrected chi connectivity index (χ4v) is 2.35. The smallest absolute Gasteiger partial charge is 0.271 e. The molecule has 6 heteroatoms. The van der Waals surface area contributed by atoms with Crippen molar-refractivity contribution >= 4 is 17.5 Å². The molecule has 1 aromatic rings. The number of rotatable bonds is 3. The molecule has 1 aromatic heterocycles. The molecule has 0 aliphatic heterocycles. The first-order valence-electron chi connectivity index (χ1n) is 6.25. The monoisotopic (exact) mass is 250 g/mol. The lowest BCUT2D eigenvalue weighted by atomic mass is 9.88. The Balaban J connectivity index is 2.10. The van der Waals surface area contributed by atoms with Crippen molar-refractivity contribution in [3.63, 3.8) is 0 Å². The number of aromatic nitrogens is 2. The summed E-state index contributed by atoms with van der Waals surface area (Å²) < 4.78 is 0. The number of primary amides is 1. The molecule has 4 N–H and O–H groups in total. The van der Waals surface area contributed by atoms with Crippen LogP contribution in [0, 0.1) is 12.8 Å². The molecule has 0 spiro atoms. The van der Waals surface area contributed by atoms with Gasteiger partial charge in [0.1, 0.15) is 0 Å². The standard InChI is InChI=1S/C12H18N4O2/c1-7-9(10(11(13)17)16-15-7)14-12(18)8-5-3-2-4-6-8/h8H,2-6H2,1H3,(H2,13,17)(H,14,18)(H,15,16). The number of aryl methyl sites for hydroxylation is 1. The molecule has 6 nitrogen and oxygen atoms in total. The number of nitrogens with zero attached hydrogens (tertiary/aromatic N) is 1. The summed E-state index contributed by atoms with van der Waals surface area (Å²) in [6, 6.07) is 0. The van der Waals surface area contributed by atoms with E-state index in [-0.39, 0.29) is 17.5 Å². The summed E-state index contributed by atoms with van der Waals surface area (Å²) in [5, 5.41) is 9.24. The predicted molar refractivity (Wildman–Crippen MR) is 67.0 cm³/mol. The zero-order chi connectivity index (χ0) is 13.1. The number of hydrogen-bond donors (Lipinski definition) is 3. The minimum absolute atomic E-state index is 0.0359. The number of hydrogen-bond acceptors (Lipinski definition) is 3. The Morgan fingerprint density at radius 3 is 2.61 bits per heavy atom. The Morgan fingerprint density at radius 1 is 1.33 bits per heavy atom. The summed E-state index contributed by atoms with van der Waals surface area (Å²) in [4.78, 5) is 23.3. The number of carbonyl (C=O) groups is 2. The van der Waals surface area contributed by atoms with Crippen LogP contribution in [0.3, 0.4) is 0 Å². The van der Waals surface area contributed by atoms with E-state index >= 15 is 0 Å². The van der Waals surface area contributed by atoms with E-state index in [9.17, 15) is 9.59 Å². The van der Waals surface area contributed by atoms with Crippen LogP contribution in [0.4, 0.5) is 5.69 Å². The fraction of sp³-hybridized carbons (Fsp3) is 0.583. The molecular formula is C12H18N4O2. The predicted octanol–water partition coefficient (Wildman–Crippen LogP) is 1.34. The summed E-state index contributed by atoms with van der Waals surface area (Å²) >= 11 is 0. The van der Waals surface area contributed by atoms with Crippen LogP contribution in [-0.4, -0.2) is 22.0 Å². The molecule has 0 aromatic carbocycles. The van der Waals surface area contributed by atoms with Gasteiger partial charge in [-0.2, -0.15) is 5.10 Å². The first kappa shape index (κ1) is 12.6. The molecule has 0 radical (unpaired) electrons. The zero-order valence-corrected chi connectivity index (χ0v) is 10.5. The summed E-state index contributed by atoms with van der Waals surface area (Å²) in [5.41, 5.74) is 6.36. The second kappa shape index (κ2) is 5.20. The molecule has 2 rings (SSSR count). The largest absolute Gasteiger partial charge is 0.364 e. The molecule has 1 fully saturated rings. The third-order valence-corrected chi connectivity index (χ3v) is 3.40. The Hall–Kier alpha value is -1.85. The van der Waals surface area contributed by atoms with E-state index in [1.807, 2.05) is 0 Å². The number of anilines is 1. The molecule has 0 bridgehead atoms. The van der Waals surface area contributed by atoms with E-state index in [2.05, 4.69) is 15.5 Å². The van der Waals surface area contributed by atoms with Crippen molar-refractivity contribution in [3.05, 3.63) is 11.4 Å². The number of H-pyrrole nitrogens is 1. The van der Waals surface area contributed by atoms with Gasteiger partial charge in [-0.05, 0) is 19.8 Å². The SMILES string of the molecule is Cc1[nH]nc(C(N)=O)c1NC(=O)C1CCCCC1. The lowest BCUT2D eigenvalue weighted by Crippen LogP contribution is -2.26. The van der Waals surface area contributed by atoms with Crippen LogP contribution in [0.5, 0.6) is 0 Å². The van der Waals surface area contributed by atoms with E-state index in [0.29, 0.717) is 11.4 Å². The quantitative estimate of drug-likeness (QED) is 0.754. The number of nitrogens with two attached hydrogens (primary N) is 1. The second-order valence-electron chi connectivity index (χ2n) is 4.76. The van der Waals surface area contributed by atoms with E-state index in [1.165, 1.54) is 6.42 Å². The average Bonchev–Trinajstić information content (AvgIpc) is 2.72. The van der Waals surface area contributed by atoms with Crippen molar-refractivity contribution in [2.45, 2.75) is 39.0 Å². The van der Waals surface area contributed by atoms with Crippen LogP contribution in [0.15, 0.2) is 0 Å². The molecule has 0 atom stereocenters. The van der Waals surface area contributed by atoms with Gasteiger partial charge in [0, 0.05) is 5.92 Å². The number of nitrogens with one attached hydrogen (secondary N) is 2. The molecule has 18 heavy (non-hydrogen) atoms. The van der Waals surface area contributed by atoms with Gasteiger partial charge in [-0.3, -0.25) is 14.7 Å². The van der Waals surface area contributed by atoms with Gasteiger partial charge in [0.25, 0.3) is 5.91 Å². The topological polar surface area (TPSA) is 101 Å². The molecule has 98 valence electrons. The van der Waals surface area contributed by atoms with Gasteiger partial charge in [-0.25, -0.2) is 0 Å². The van der Waals surface area contributed by atoms with Crippen LogP contribution in [0.1, 0.15) is 48.3 Å². The van der Waals surface area contributed by atoms with Gasteiger partial charge in [0.15, 0.2) is 5.69 Å². The van der Waals surface area contributed by atoms with Gasteiger partial charge in [0.05, 0.1) is 11.4 Å². The van der Waals surface area contributed by atoms with Crippen LogP contribution >= 0.6 is 0 Å². The normalized spacial score (nSPS) is 16.5. The Kier molecular flexibility index (Phi) is 3.64. The third-order valence-electron chi connectivity index (χ3n) is 3.40. The molecule has 2 amide bonds. The van der Waals surface area contributed by atoms with Crippen molar-refractivity contribution in [2.24, 2.45) is 11.7 Å². The number of aromatic amines is 1. The number of carbonyl (C=O) groups excluding carboxylic acids is 2. The number of amides is 2. The molecular weight excluding hydrogens is 232 g/mol. The van der Waals surface area contributed by atoms with Gasteiger partial charge >= 0.3 is 0 Å². The van der Waals surface area contributed by atoms with Crippen LogP contribution < -0.4 is 11.1 Å². The van der Waals surface area contributed by atoms with E-state index in [4.69, 9.17) is 5.73 Å².